The molecule has 2 heterocycles. The van der Waals surface area contributed by atoms with Crippen LogP contribution in [0.2, 0.25) is 0 Å². The van der Waals surface area contributed by atoms with Gasteiger partial charge in [-0.2, -0.15) is 0 Å². The molecule has 4 rings (SSSR count). The van der Waals surface area contributed by atoms with Crippen molar-refractivity contribution in [1.82, 2.24) is 4.98 Å². The predicted octanol–water partition coefficient (Wildman–Crippen LogP) is 1.95. The van der Waals surface area contributed by atoms with E-state index in [1.807, 2.05) is 6.07 Å². The summed E-state index contributed by atoms with van der Waals surface area (Å²) in [5, 5.41) is 0. The first-order valence-electron chi connectivity index (χ1n) is 6.13. The number of anilines is 1. The lowest BCUT2D eigenvalue weighted by molar-refractivity contribution is -0.126. The van der Waals surface area contributed by atoms with Crippen LogP contribution < -0.4 is 4.90 Å². The van der Waals surface area contributed by atoms with Crippen molar-refractivity contribution in [3.05, 3.63) is 22.3 Å². The first-order chi connectivity index (χ1) is 8.62. The molecule has 2 saturated carbocycles. The van der Waals surface area contributed by atoms with Crippen LogP contribution in [0.15, 0.2) is 16.7 Å². The van der Waals surface area contributed by atoms with Crippen LogP contribution in [0.3, 0.4) is 0 Å². The van der Waals surface area contributed by atoms with Crippen molar-refractivity contribution >= 4 is 33.4 Å². The van der Waals surface area contributed by atoms with Gasteiger partial charge in [0.05, 0.1) is 11.5 Å². The third-order valence-electron chi connectivity index (χ3n) is 4.25. The number of amides is 1. The molecule has 0 bridgehead atoms. The summed E-state index contributed by atoms with van der Waals surface area (Å²) in [6.45, 7) is 0. The summed E-state index contributed by atoms with van der Waals surface area (Å²) in [6, 6.07) is 2.05. The van der Waals surface area contributed by atoms with Crippen LogP contribution in [-0.2, 0) is 15.0 Å². The summed E-state index contributed by atoms with van der Waals surface area (Å²) in [6.07, 6.45) is 4.52. The highest BCUT2D eigenvalue weighted by molar-refractivity contribution is 9.10. The van der Waals surface area contributed by atoms with E-state index in [0.717, 1.165) is 28.7 Å². The number of carbonyl (C=O) groups is 2. The Kier molecular flexibility index (Phi) is 1.90. The molecule has 0 saturated heterocycles. The smallest absolute Gasteiger partial charge is 0.239 e. The summed E-state index contributed by atoms with van der Waals surface area (Å²) >= 11 is 3.42. The molecular weight excluding hydrogens is 296 g/mol. The van der Waals surface area contributed by atoms with E-state index < -0.39 is 0 Å². The highest BCUT2D eigenvalue weighted by Crippen LogP contribution is 2.58. The maximum absolute atomic E-state index is 12.6. The second-order valence-electron chi connectivity index (χ2n) is 5.38. The Bertz CT molecular complexity index is 587. The van der Waals surface area contributed by atoms with E-state index >= 15 is 0 Å². The molecule has 0 radical (unpaired) electrons. The molecule has 1 aromatic rings. The monoisotopic (exact) mass is 306 g/mol. The summed E-state index contributed by atoms with van der Waals surface area (Å²) in [5.74, 6) is 1.17. The van der Waals surface area contributed by atoms with Crippen molar-refractivity contribution in [2.24, 2.45) is 0 Å². The molecule has 0 unspecified atom stereocenters. The molecular formula is C13H11BrN2O2. The number of nitrogens with zero attached hydrogens (tertiary/aromatic N) is 2. The van der Waals surface area contributed by atoms with Gasteiger partial charge in [0.25, 0.3) is 0 Å². The molecule has 3 aliphatic rings. The number of fused-ring (bicyclic) bond motifs is 2. The zero-order valence-corrected chi connectivity index (χ0v) is 11.2. The average Bonchev–Trinajstić information content (AvgIpc) is 3.05. The van der Waals surface area contributed by atoms with Gasteiger partial charge in [0.15, 0.2) is 0 Å². The van der Waals surface area contributed by atoms with Gasteiger partial charge in [-0.1, -0.05) is 0 Å². The predicted molar refractivity (Wildman–Crippen MR) is 68.4 cm³/mol. The SMILES string of the molecule is O=C1CC(N2C(=O)C3(CC3)c3cc(Br)cnc32)C1. The minimum Gasteiger partial charge on any atom is -0.300 e. The zero-order chi connectivity index (χ0) is 12.5. The Balaban J connectivity index is 1.83. The molecule has 1 aliphatic heterocycles. The number of carbonyl (C=O) groups excluding carboxylic acids is 2. The molecule has 1 aromatic heterocycles. The first kappa shape index (κ1) is 10.7. The van der Waals surface area contributed by atoms with Crippen LogP contribution in [-0.4, -0.2) is 22.7 Å². The average molecular weight is 307 g/mol. The van der Waals surface area contributed by atoms with Crippen LogP contribution in [0, 0.1) is 0 Å². The zero-order valence-electron chi connectivity index (χ0n) is 9.65. The maximum atomic E-state index is 12.6. The Hall–Kier alpha value is -1.23. The van der Waals surface area contributed by atoms with E-state index in [1.165, 1.54) is 0 Å². The van der Waals surface area contributed by atoms with Gasteiger partial charge in [-0.15, -0.1) is 0 Å². The fraction of sp³-hybridized carbons (Fsp3) is 0.462. The van der Waals surface area contributed by atoms with Gasteiger partial charge >= 0.3 is 0 Å². The molecule has 2 aliphatic carbocycles. The molecule has 0 aromatic carbocycles. The molecule has 2 fully saturated rings. The number of aromatic nitrogens is 1. The van der Waals surface area contributed by atoms with Gasteiger partial charge in [0.2, 0.25) is 5.91 Å². The largest absolute Gasteiger partial charge is 0.300 e. The quantitative estimate of drug-likeness (QED) is 0.797. The van der Waals surface area contributed by atoms with E-state index in [9.17, 15) is 9.59 Å². The lowest BCUT2D eigenvalue weighted by Crippen LogP contribution is -2.48. The molecule has 1 spiro atoms. The van der Waals surface area contributed by atoms with E-state index in [4.69, 9.17) is 0 Å². The van der Waals surface area contributed by atoms with Gasteiger partial charge in [0, 0.05) is 29.1 Å². The summed E-state index contributed by atoms with van der Waals surface area (Å²) in [5.41, 5.74) is 0.728. The minimum absolute atomic E-state index is 0.0393. The normalized spacial score (nSPS) is 24.4. The number of Topliss-reactive ketones (excluding diaryl/α,β-unsaturated/α-hetero) is 1. The lowest BCUT2D eigenvalue weighted by atomic mass is 9.90. The number of hydrogen-bond acceptors (Lipinski definition) is 3. The Morgan fingerprint density at radius 2 is 2.06 bits per heavy atom. The van der Waals surface area contributed by atoms with E-state index in [2.05, 4.69) is 20.9 Å². The fourth-order valence-electron chi connectivity index (χ4n) is 3.01. The van der Waals surface area contributed by atoms with Crippen LogP contribution in [0.25, 0.3) is 0 Å². The van der Waals surface area contributed by atoms with Gasteiger partial charge in [-0.05, 0) is 34.8 Å². The number of rotatable bonds is 1. The molecule has 1 amide bonds. The summed E-state index contributed by atoms with van der Waals surface area (Å²) in [4.78, 5) is 29.9. The topological polar surface area (TPSA) is 50.3 Å². The Labute approximate surface area is 113 Å². The fourth-order valence-corrected chi connectivity index (χ4v) is 3.34. The highest BCUT2D eigenvalue weighted by Gasteiger charge is 2.61. The van der Waals surface area contributed by atoms with Crippen LogP contribution in [0.4, 0.5) is 5.82 Å². The highest BCUT2D eigenvalue weighted by atomic mass is 79.9. The van der Waals surface area contributed by atoms with Crippen LogP contribution in [0.1, 0.15) is 31.2 Å². The number of halogens is 1. The van der Waals surface area contributed by atoms with E-state index in [0.29, 0.717) is 12.8 Å². The van der Waals surface area contributed by atoms with Gasteiger partial charge in [-0.25, -0.2) is 4.98 Å². The van der Waals surface area contributed by atoms with Crippen molar-refractivity contribution in [2.45, 2.75) is 37.1 Å². The molecule has 18 heavy (non-hydrogen) atoms. The van der Waals surface area contributed by atoms with Crippen molar-refractivity contribution in [3.63, 3.8) is 0 Å². The molecule has 5 heteroatoms. The van der Waals surface area contributed by atoms with Crippen LogP contribution in [0.5, 0.6) is 0 Å². The molecule has 4 nitrogen and oxygen atoms in total. The van der Waals surface area contributed by atoms with Gasteiger partial charge in [0.1, 0.15) is 11.6 Å². The third kappa shape index (κ3) is 1.18. The molecule has 0 N–H and O–H groups in total. The summed E-state index contributed by atoms with van der Waals surface area (Å²) in [7, 11) is 0. The van der Waals surface area contributed by atoms with Crippen LogP contribution >= 0.6 is 15.9 Å². The number of ketones is 1. The second kappa shape index (κ2) is 3.20. The van der Waals surface area contributed by atoms with E-state index in [1.54, 1.807) is 11.1 Å². The summed E-state index contributed by atoms with van der Waals surface area (Å²) < 4.78 is 0.909. The van der Waals surface area contributed by atoms with Crippen molar-refractivity contribution in [2.75, 3.05) is 4.90 Å². The second-order valence-corrected chi connectivity index (χ2v) is 6.30. The van der Waals surface area contributed by atoms with Crippen molar-refractivity contribution < 1.29 is 9.59 Å². The number of hydrogen-bond donors (Lipinski definition) is 0. The van der Waals surface area contributed by atoms with Crippen molar-refractivity contribution in [3.8, 4) is 0 Å². The Morgan fingerprint density at radius 1 is 1.33 bits per heavy atom. The minimum atomic E-state index is -0.315. The van der Waals surface area contributed by atoms with Gasteiger partial charge in [-0.3, -0.25) is 14.5 Å². The molecule has 92 valence electrons. The standard InChI is InChI=1S/C13H11BrN2O2/c14-7-3-10-11(15-6-7)16(8-4-9(17)5-8)12(18)13(10)1-2-13/h3,6,8H,1-2,4-5H2. The third-order valence-corrected chi connectivity index (χ3v) is 4.68. The van der Waals surface area contributed by atoms with Gasteiger partial charge < -0.3 is 0 Å². The maximum Gasteiger partial charge on any atom is 0.239 e. The lowest BCUT2D eigenvalue weighted by Gasteiger charge is -2.33. The first-order valence-corrected chi connectivity index (χ1v) is 6.92. The number of pyridine rings is 1. The molecule has 0 atom stereocenters. The van der Waals surface area contributed by atoms with Crippen molar-refractivity contribution in [1.29, 1.82) is 0 Å². The van der Waals surface area contributed by atoms with E-state index in [-0.39, 0.29) is 23.1 Å². The Morgan fingerprint density at radius 3 is 2.67 bits per heavy atom.